The monoisotopic (exact) mass is 272 g/mol. The number of rotatable bonds is 0. The van der Waals surface area contributed by atoms with Crippen LogP contribution in [0.15, 0.2) is 12.3 Å². The van der Waals surface area contributed by atoms with Crippen molar-refractivity contribution in [2.45, 2.75) is 19.1 Å². The van der Waals surface area contributed by atoms with Crippen LogP contribution < -0.4 is 30.1 Å². The van der Waals surface area contributed by atoms with Crippen LogP contribution in [-0.4, -0.2) is 11.5 Å². The molecule has 0 saturated carbocycles. The Morgan fingerprint density at radius 3 is 2.56 bits per heavy atom. The fraction of sp³-hybridized carbons (Fsp3) is 0.444. The molecule has 16 heavy (non-hydrogen) atoms. The summed E-state index contributed by atoms with van der Waals surface area (Å²) in [6.07, 6.45) is -2.68. The Hall–Kier alpha value is -0.520. The van der Waals surface area contributed by atoms with Gasteiger partial charge in [0.15, 0.2) is 0 Å². The third kappa shape index (κ3) is 3.23. The molecule has 2 nitrogen and oxygen atoms in total. The van der Waals surface area contributed by atoms with Gasteiger partial charge in [-0.1, -0.05) is 0 Å². The lowest BCUT2D eigenvalue weighted by Crippen LogP contribution is -3.00. The maximum atomic E-state index is 12.3. The van der Waals surface area contributed by atoms with Crippen molar-refractivity contribution in [3.05, 3.63) is 29.1 Å². The van der Waals surface area contributed by atoms with Crippen LogP contribution in [0.2, 0.25) is 0 Å². The molecule has 2 heterocycles. The van der Waals surface area contributed by atoms with Crippen LogP contribution in [0.3, 0.4) is 0 Å². The van der Waals surface area contributed by atoms with Gasteiger partial charge in [0.25, 0.3) is 0 Å². The molecular formula is C9H9Cl2F3N2-2. The summed E-state index contributed by atoms with van der Waals surface area (Å²) in [5, 5.41) is 3.01. The van der Waals surface area contributed by atoms with E-state index in [2.05, 4.69) is 10.3 Å². The zero-order chi connectivity index (χ0) is 10.2. The summed E-state index contributed by atoms with van der Waals surface area (Å²) >= 11 is 0. The van der Waals surface area contributed by atoms with E-state index in [1.807, 2.05) is 0 Å². The highest BCUT2D eigenvalue weighted by Gasteiger charge is 2.31. The van der Waals surface area contributed by atoms with Crippen LogP contribution in [0, 0.1) is 0 Å². The molecule has 0 amide bonds. The van der Waals surface area contributed by atoms with E-state index in [9.17, 15) is 13.2 Å². The summed E-state index contributed by atoms with van der Waals surface area (Å²) in [6, 6.07) is 1.18. The molecule has 0 fully saturated rings. The molecule has 0 bridgehead atoms. The van der Waals surface area contributed by atoms with Crippen molar-refractivity contribution in [1.82, 2.24) is 10.3 Å². The van der Waals surface area contributed by atoms with Gasteiger partial charge in [0, 0.05) is 31.4 Å². The molecule has 0 unspecified atom stereocenters. The van der Waals surface area contributed by atoms with Gasteiger partial charge in [-0.05, 0) is 11.6 Å². The van der Waals surface area contributed by atoms with Gasteiger partial charge in [-0.15, -0.1) is 0 Å². The molecule has 1 N–H and O–H groups in total. The molecule has 1 aliphatic heterocycles. The molecule has 0 saturated heterocycles. The number of pyridine rings is 1. The maximum Gasteiger partial charge on any atom is 0.417 e. The van der Waals surface area contributed by atoms with Crippen LogP contribution in [-0.2, 0) is 19.1 Å². The minimum absolute atomic E-state index is 0. The van der Waals surface area contributed by atoms with E-state index in [0.29, 0.717) is 18.5 Å². The maximum absolute atomic E-state index is 12.3. The summed E-state index contributed by atoms with van der Waals surface area (Å²) in [7, 11) is 0. The third-order valence-corrected chi connectivity index (χ3v) is 2.24. The van der Waals surface area contributed by atoms with Gasteiger partial charge in [-0.2, -0.15) is 13.2 Å². The van der Waals surface area contributed by atoms with E-state index in [4.69, 9.17) is 0 Å². The molecule has 0 aliphatic carbocycles. The number of hydrogen-bond donors (Lipinski definition) is 1. The second kappa shape index (κ2) is 5.70. The van der Waals surface area contributed by atoms with Crippen molar-refractivity contribution in [3.8, 4) is 0 Å². The molecule has 0 atom stereocenters. The minimum Gasteiger partial charge on any atom is -1.00 e. The van der Waals surface area contributed by atoms with E-state index >= 15 is 0 Å². The number of hydrogen-bond acceptors (Lipinski definition) is 2. The van der Waals surface area contributed by atoms with E-state index in [1.54, 1.807) is 0 Å². The van der Waals surface area contributed by atoms with Crippen LogP contribution in [0.5, 0.6) is 0 Å². The van der Waals surface area contributed by atoms with Gasteiger partial charge in [0.05, 0.1) is 5.56 Å². The fourth-order valence-corrected chi connectivity index (χ4v) is 1.50. The van der Waals surface area contributed by atoms with E-state index in [-0.39, 0.29) is 24.8 Å². The highest BCUT2D eigenvalue weighted by atomic mass is 35.5. The van der Waals surface area contributed by atoms with E-state index in [1.165, 1.54) is 6.07 Å². The van der Waals surface area contributed by atoms with Crippen molar-refractivity contribution in [2.75, 3.05) is 6.54 Å². The lowest BCUT2D eigenvalue weighted by atomic mass is 10.1. The molecular weight excluding hydrogens is 264 g/mol. The summed E-state index contributed by atoms with van der Waals surface area (Å²) in [4.78, 5) is 3.83. The van der Waals surface area contributed by atoms with Gasteiger partial charge in [0.2, 0.25) is 0 Å². The van der Waals surface area contributed by atoms with Crippen molar-refractivity contribution in [1.29, 1.82) is 0 Å². The molecule has 1 aromatic rings. The third-order valence-electron chi connectivity index (χ3n) is 2.24. The van der Waals surface area contributed by atoms with E-state index < -0.39 is 11.7 Å². The summed E-state index contributed by atoms with van der Waals surface area (Å²) in [5.41, 5.74) is 0.766. The van der Waals surface area contributed by atoms with Crippen molar-refractivity contribution < 1.29 is 38.0 Å². The van der Waals surface area contributed by atoms with Crippen LogP contribution in [0.4, 0.5) is 13.2 Å². The Balaban J connectivity index is 0.00000112. The Bertz CT molecular complexity index is 355. The molecule has 7 heteroatoms. The van der Waals surface area contributed by atoms with Gasteiger partial charge < -0.3 is 30.1 Å². The van der Waals surface area contributed by atoms with Crippen molar-refractivity contribution in [2.24, 2.45) is 0 Å². The number of fused-ring (bicyclic) bond motifs is 1. The second-order valence-corrected chi connectivity index (χ2v) is 3.25. The van der Waals surface area contributed by atoms with Crippen LogP contribution in [0.1, 0.15) is 16.8 Å². The first kappa shape index (κ1) is 15.5. The number of nitrogens with one attached hydrogen (secondary N) is 1. The first-order valence-electron chi connectivity index (χ1n) is 4.33. The van der Waals surface area contributed by atoms with Crippen molar-refractivity contribution in [3.63, 3.8) is 0 Å². The predicted molar refractivity (Wildman–Crippen MR) is 44.6 cm³/mol. The van der Waals surface area contributed by atoms with Crippen molar-refractivity contribution >= 4 is 0 Å². The van der Waals surface area contributed by atoms with E-state index in [0.717, 1.165) is 18.4 Å². The fourth-order valence-electron chi connectivity index (χ4n) is 1.50. The zero-order valence-electron chi connectivity index (χ0n) is 8.11. The Morgan fingerprint density at radius 2 is 1.94 bits per heavy atom. The number of alkyl halides is 3. The Labute approximate surface area is 103 Å². The van der Waals surface area contributed by atoms with Gasteiger partial charge >= 0.3 is 6.18 Å². The lowest BCUT2D eigenvalue weighted by Gasteiger charge is -2.17. The first-order chi connectivity index (χ1) is 6.57. The average molecular weight is 273 g/mol. The quantitative estimate of drug-likeness (QED) is 0.518. The highest BCUT2D eigenvalue weighted by Crippen LogP contribution is 2.30. The lowest BCUT2D eigenvalue weighted by molar-refractivity contribution is -0.137. The predicted octanol–water partition coefficient (Wildman–Crippen LogP) is -4.25. The highest BCUT2D eigenvalue weighted by molar-refractivity contribution is 5.28. The van der Waals surface area contributed by atoms with Gasteiger partial charge in [-0.25, -0.2) is 0 Å². The summed E-state index contributed by atoms with van der Waals surface area (Å²) in [5.74, 6) is 0. The second-order valence-electron chi connectivity index (χ2n) is 3.25. The Kier molecular flexibility index (Phi) is 5.52. The number of halogens is 5. The normalized spacial score (nSPS) is 14.4. The minimum atomic E-state index is -4.29. The molecule has 0 radical (unpaired) electrons. The molecule has 0 aromatic carbocycles. The first-order valence-corrected chi connectivity index (χ1v) is 4.33. The standard InChI is InChI=1S/C9H9F3N2.2ClH/c10-9(11,12)7-3-6-4-13-2-1-8(6)14-5-7;;/h3,5,13H,1-2,4H2;2*1H/p-2. The summed E-state index contributed by atoms with van der Waals surface area (Å²) in [6.45, 7) is 1.26. The zero-order valence-corrected chi connectivity index (χ0v) is 9.62. The topological polar surface area (TPSA) is 24.9 Å². The summed E-state index contributed by atoms with van der Waals surface area (Å²) < 4.78 is 36.9. The largest absolute Gasteiger partial charge is 1.00 e. The van der Waals surface area contributed by atoms with Crippen LogP contribution >= 0.6 is 0 Å². The number of nitrogens with zero attached hydrogens (tertiary/aromatic N) is 1. The molecule has 0 spiro atoms. The molecule has 92 valence electrons. The molecule has 1 aliphatic rings. The van der Waals surface area contributed by atoms with Gasteiger partial charge in [-0.3, -0.25) is 4.98 Å². The Morgan fingerprint density at radius 1 is 1.25 bits per heavy atom. The SMILES string of the molecule is FC(F)(F)c1cnc2c(c1)CNCC2.[Cl-].[Cl-]. The molecule has 1 aromatic heterocycles. The van der Waals surface area contributed by atoms with Gasteiger partial charge in [0.1, 0.15) is 0 Å². The smallest absolute Gasteiger partial charge is 0.417 e. The number of aromatic nitrogens is 1. The van der Waals surface area contributed by atoms with Crippen LogP contribution in [0.25, 0.3) is 0 Å². The average Bonchev–Trinajstić information content (AvgIpc) is 2.16. The molecule has 2 rings (SSSR count).